The molecule has 8 atom stereocenters. The Bertz CT molecular complexity index is 355. The lowest BCUT2D eigenvalue weighted by atomic mass is 10.00. The molecule has 2 unspecified atom stereocenters. The summed E-state index contributed by atoms with van der Waals surface area (Å²) in [6.07, 6.45) is -7.33. The van der Waals surface area contributed by atoms with Gasteiger partial charge in [0.2, 0.25) is 0 Å². The number of aliphatic hydroxyl groups excluding tert-OH is 5. The van der Waals surface area contributed by atoms with Crippen LogP contribution >= 0.6 is 0 Å². The second-order valence-electron chi connectivity index (χ2n) is 5.73. The first-order valence-electron chi connectivity index (χ1n) is 7.84. The molecule has 0 saturated carbocycles. The Kier molecular flexibility index (Phi) is 7.14. The predicted molar refractivity (Wildman–Crippen MR) is 75.2 cm³/mol. The molecule has 0 aromatic heterocycles. The van der Waals surface area contributed by atoms with E-state index in [1.807, 2.05) is 0 Å². The number of ether oxygens (including phenoxy) is 4. The van der Waals surface area contributed by atoms with Gasteiger partial charge in [0.05, 0.1) is 25.4 Å². The molecule has 0 aromatic carbocycles. The van der Waals surface area contributed by atoms with Gasteiger partial charge in [0.1, 0.15) is 24.4 Å². The highest BCUT2D eigenvalue weighted by atomic mass is 16.7. The van der Waals surface area contributed by atoms with Crippen LogP contribution in [0.5, 0.6) is 0 Å². The van der Waals surface area contributed by atoms with E-state index in [0.29, 0.717) is 6.61 Å². The second kappa shape index (κ2) is 8.65. The Balaban J connectivity index is 1.97. The molecule has 2 saturated heterocycles. The maximum atomic E-state index is 10.2. The summed E-state index contributed by atoms with van der Waals surface area (Å²) in [6.45, 7) is 1.35. The Morgan fingerprint density at radius 3 is 2.13 bits per heavy atom. The van der Waals surface area contributed by atoms with Crippen molar-refractivity contribution < 1.29 is 44.5 Å². The van der Waals surface area contributed by atoms with Crippen LogP contribution < -0.4 is 0 Å². The van der Waals surface area contributed by atoms with E-state index in [9.17, 15) is 20.4 Å². The first-order valence-corrected chi connectivity index (χ1v) is 7.84. The third kappa shape index (κ3) is 4.59. The molecule has 136 valence electrons. The molecule has 9 heteroatoms. The lowest BCUT2D eigenvalue weighted by Gasteiger charge is -2.42. The third-order valence-electron chi connectivity index (χ3n) is 4.06. The lowest BCUT2D eigenvalue weighted by Crippen LogP contribution is -2.56. The number of aliphatic hydroxyl groups is 5. The molecule has 2 aliphatic rings. The zero-order chi connectivity index (χ0) is 17.0. The first kappa shape index (κ1) is 19.0. The van der Waals surface area contributed by atoms with Gasteiger partial charge >= 0.3 is 0 Å². The summed E-state index contributed by atoms with van der Waals surface area (Å²) in [7, 11) is 0. The maximum Gasteiger partial charge on any atom is 0.161 e. The maximum absolute atomic E-state index is 10.2. The summed E-state index contributed by atoms with van der Waals surface area (Å²) >= 11 is 0. The molecule has 5 N–H and O–H groups in total. The van der Waals surface area contributed by atoms with Crippen molar-refractivity contribution in [2.75, 3.05) is 19.8 Å². The number of hydrogen-bond acceptors (Lipinski definition) is 9. The van der Waals surface area contributed by atoms with Crippen LogP contribution in [0, 0.1) is 0 Å². The fourth-order valence-corrected chi connectivity index (χ4v) is 2.85. The van der Waals surface area contributed by atoms with E-state index in [1.54, 1.807) is 6.92 Å². The number of hydrogen-bond donors (Lipinski definition) is 5. The molecule has 23 heavy (non-hydrogen) atoms. The summed E-state index contributed by atoms with van der Waals surface area (Å²) in [6, 6.07) is 0. The van der Waals surface area contributed by atoms with Crippen LogP contribution in [-0.2, 0) is 18.9 Å². The molecule has 0 aliphatic carbocycles. The van der Waals surface area contributed by atoms with Crippen LogP contribution in [0.2, 0.25) is 0 Å². The second-order valence-corrected chi connectivity index (χ2v) is 5.73. The minimum atomic E-state index is -1.21. The molecule has 9 nitrogen and oxygen atoms in total. The van der Waals surface area contributed by atoms with Crippen LogP contribution in [-0.4, -0.2) is 94.6 Å². The third-order valence-corrected chi connectivity index (χ3v) is 4.06. The minimum absolute atomic E-state index is 0.0199. The largest absolute Gasteiger partial charge is 0.394 e. The van der Waals surface area contributed by atoms with Crippen molar-refractivity contribution in [3.8, 4) is 0 Å². The van der Waals surface area contributed by atoms with Gasteiger partial charge in [-0.3, -0.25) is 0 Å². The summed E-state index contributed by atoms with van der Waals surface area (Å²) in [5.74, 6) is 0. The summed E-state index contributed by atoms with van der Waals surface area (Å²) in [5, 5.41) is 48.3. The highest BCUT2D eigenvalue weighted by Gasteiger charge is 2.43. The molecule has 2 rings (SSSR count). The van der Waals surface area contributed by atoms with E-state index in [4.69, 9.17) is 24.1 Å². The standard InChI is InChI=1S/C14H26O9/c1-2-20-11-4-8(18)14(10(6-16)22-11)23-12-3-7(17)13(19)9(5-15)21-12/h7-19H,2-6H2,1H3/t7?,8?,9-,10-,11+,12-,13+,14+/m1/s1. The monoisotopic (exact) mass is 338 g/mol. The molecule has 0 amide bonds. The van der Waals surface area contributed by atoms with E-state index in [1.165, 1.54) is 0 Å². The highest BCUT2D eigenvalue weighted by Crippen LogP contribution is 2.28. The van der Waals surface area contributed by atoms with Gasteiger partial charge in [-0.1, -0.05) is 0 Å². The van der Waals surface area contributed by atoms with Gasteiger partial charge in [-0.05, 0) is 6.92 Å². The van der Waals surface area contributed by atoms with Crippen molar-refractivity contribution >= 4 is 0 Å². The van der Waals surface area contributed by atoms with Gasteiger partial charge in [-0.2, -0.15) is 0 Å². The average molecular weight is 338 g/mol. The van der Waals surface area contributed by atoms with Crippen molar-refractivity contribution in [1.82, 2.24) is 0 Å². The van der Waals surface area contributed by atoms with Crippen LogP contribution in [0.3, 0.4) is 0 Å². The minimum Gasteiger partial charge on any atom is -0.394 e. The van der Waals surface area contributed by atoms with Gasteiger partial charge in [-0.25, -0.2) is 0 Å². The van der Waals surface area contributed by atoms with E-state index < -0.39 is 55.8 Å². The summed E-state index contributed by atoms with van der Waals surface area (Å²) in [5.41, 5.74) is 0. The predicted octanol–water partition coefficient (Wildman–Crippen LogP) is -2.29. The van der Waals surface area contributed by atoms with Gasteiger partial charge in [0, 0.05) is 19.4 Å². The smallest absolute Gasteiger partial charge is 0.161 e. The molecule has 0 radical (unpaired) electrons. The molecule has 0 aromatic rings. The van der Waals surface area contributed by atoms with E-state index in [-0.39, 0.29) is 19.4 Å². The van der Waals surface area contributed by atoms with E-state index in [2.05, 4.69) is 0 Å². The fourth-order valence-electron chi connectivity index (χ4n) is 2.85. The number of rotatable bonds is 6. The topological polar surface area (TPSA) is 138 Å². The zero-order valence-corrected chi connectivity index (χ0v) is 13.0. The Hall–Kier alpha value is -0.360. The molecule has 2 aliphatic heterocycles. The van der Waals surface area contributed by atoms with Crippen molar-refractivity contribution in [2.24, 2.45) is 0 Å². The Morgan fingerprint density at radius 1 is 0.913 bits per heavy atom. The Labute approximate surface area is 134 Å². The average Bonchev–Trinajstić information content (AvgIpc) is 2.53. The lowest BCUT2D eigenvalue weighted by molar-refractivity contribution is -0.320. The molecular formula is C14H26O9. The van der Waals surface area contributed by atoms with Gasteiger partial charge in [0.15, 0.2) is 12.6 Å². The first-order chi connectivity index (χ1) is 11.0. The van der Waals surface area contributed by atoms with E-state index >= 15 is 0 Å². The summed E-state index contributed by atoms with van der Waals surface area (Å²) < 4.78 is 21.8. The molecule has 2 fully saturated rings. The van der Waals surface area contributed by atoms with Crippen LogP contribution in [0.15, 0.2) is 0 Å². The van der Waals surface area contributed by atoms with Crippen LogP contribution in [0.4, 0.5) is 0 Å². The normalized spacial score (nSPS) is 45.1. The molecule has 0 bridgehead atoms. The van der Waals surface area contributed by atoms with Crippen molar-refractivity contribution in [1.29, 1.82) is 0 Å². The van der Waals surface area contributed by atoms with Crippen molar-refractivity contribution in [2.45, 2.75) is 69.0 Å². The van der Waals surface area contributed by atoms with Crippen molar-refractivity contribution in [3.63, 3.8) is 0 Å². The SMILES string of the molecule is CCO[C@@H]1CC(O)[C@H](O[C@@H]2CC(O)[C@H](O)[C@@H](CO)O2)[C@@H](CO)O1. The van der Waals surface area contributed by atoms with Gasteiger partial charge in [-0.15, -0.1) is 0 Å². The van der Waals surface area contributed by atoms with Gasteiger partial charge in [0.25, 0.3) is 0 Å². The molecule has 0 spiro atoms. The summed E-state index contributed by atoms with van der Waals surface area (Å²) in [4.78, 5) is 0. The van der Waals surface area contributed by atoms with Crippen LogP contribution in [0.1, 0.15) is 19.8 Å². The highest BCUT2D eigenvalue weighted by molar-refractivity contribution is 4.87. The molecular weight excluding hydrogens is 312 g/mol. The van der Waals surface area contributed by atoms with Gasteiger partial charge < -0.3 is 44.5 Å². The van der Waals surface area contributed by atoms with E-state index in [0.717, 1.165) is 0 Å². The quantitative estimate of drug-likeness (QED) is 0.362. The Morgan fingerprint density at radius 2 is 1.52 bits per heavy atom. The zero-order valence-electron chi connectivity index (χ0n) is 13.0. The van der Waals surface area contributed by atoms with Crippen molar-refractivity contribution in [3.05, 3.63) is 0 Å². The van der Waals surface area contributed by atoms with Crippen LogP contribution in [0.25, 0.3) is 0 Å². The fraction of sp³-hybridized carbons (Fsp3) is 1.00. The molecule has 2 heterocycles.